The van der Waals surface area contributed by atoms with E-state index in [-0.39, 0.29) is 0 Å². The molecule has 0 aliphatic heterocycles. The molecule has 1 aromatic carbocycles. The first-order valence-corrected chi connectivity index (χ1v) is 5.88. The molecule has 0 fully saturated rings. The van der Waals surface area contributed by atoms with Gasteiger partial charge in [0.05, 0.1) is 11.6 Å². The first kappa shape index (κ1) is 12.5. The maximum atomic E-state index is 9.00. The number of nitriles is 1. The Morgan fingerprint density at radius 1 is 1.44 bits per heavy atom. The molecule has 0 atom stereocenters. The first-order valence-electron chi connectivity index (χ1n) is 5.50. The Morgan fingerprint density at radius 2 is 2.28 bits per heavy atom. The third-order valence-electron chi connectivity index (χ3n) is 2.63. The van der Waals surface area contributed by atoms with E-state index in [1.807, 2.05) is 19.2 Å². The fourth-order valence-corrected chi connectivity index (χ4v) is 1.85. The number of hydrogen-bond acceptors (Lipinski definition) is 3. The SMILES string of the molecule is Cn1nccc1CCOc1cccc(Cl)c1C#N. The minimum absolute atomic E-state index is 0.379. The van der Waals surface area contributed by atoms with Crippen LogP contribution in [0.2, 0.25) is 5.02 Å². The number of aromatic nitrogens is 2. The molecule has 0 radical (unpaired) electrons. The van der Waals surface area contributed by atoms with Crippen molar-refractivity contribution >= 4 is 11.6 Å². The summed E-state index contributed by atoms with van der Waals surface area (Å²) in [4.78, 5) is 0. The molecule has 4 nitrogen and oxygen atoms in total. The average molecular weight is 262 g/mol. The maximum Gasteiger partial charge on any atom is 0.138 e. The number of hydrogen-bond donors (Lipinski definition) is 0. The van der Waals surface area contributed by atoms with E-state index in [9.17, 15) is 0 Å². The standard InChI is InChI=1S/C13H12ClN3O/c1-17-10(5-7-16-17)6-8-18-13-4-2-3-12(14)11(13)9-15/h2-5,7H,6,8H2,1H3. The summed E-state index contributed by atoms with van der Waals surface area (Å²) in [5, 5.41) is 13.5. The fraction of sp³-hybridized carbons (Fsp3) is 0.231. The Hall–Kier alpha value is -1.99. The molecule has 0 aliphatic rings. The molecule has 2 aromatic rings. The number of aryl methyl sites for hydroxylation is 1. The lowest BCUT2D eigenvalue weighted by atomic mass is 10.2. The predicted octanol–water partition coefficient (Wildman–Crippen LogP) is 2.57. The molecule has 0 saturated heterocycles. The zero-order valence-corrected chi connectivity index (χ0v) is 10.7. The van der Waals surface area contributed by atoms with Crippen molar-refractivity contribution < 1.29 is 4.74 Å². The smallest absolute Gasteiger partial charge is 0.138 e. The van der Waals surface area contributed by atoms with Gasteiger partial charge in [-0.1, -0.05) is 17.7 Å². The van der Waals surface area contributed by atoms with Crippen LogP contribution >= 0.6 is 11.6 Å². The van der Waals surface area contributed by atoms with Crippen LogP contribution in [0.15, 0.2) is 30.5 Å². The fourth-order valence-electron chi connectivity index (χ4n) is 1.65. The highest BCUT2D eigenvalue weighted by atomic mass is 35.5. The summed E-state index contributed by atoms with van der Waals surface area (Å²) in [6.07, 6.45) is 2.48. The predicted molar refractivity (Wildman–Crippen MR) is 68.6 cm³/mol. The second-order valence-electron chi connectivity index (χ2n) is 3.77. The van der Waals surface area contributed by atoms with Crippen LogP contribution in [0.5, 0.6) is 5.75 Å². The molecule has 0 unspecified atom stereocenters. The van der Waals surface area contributed by atoms with Crippen LogP contribution < -0.4 is 4.74 Å². The van der Waals surface area contributed by atoms with Crippen molar-refractivity contribution in [3.8, 4) is 11.8 Å². The third-order valence-corrected chi connectivity index (χ3v) is 2.94. The molecule has 1 aromatic heterocycles. The maximum absolute atomic E-state index is 9.00. The lowest BCUT2D eigenvalue weighted by Crippen LogP contribution is -2.06. The molecule has 0 aliphatic carbocycles. The highest BCUT2D eigenvalue weighted by Crippen LogP contribution is 2.25. The monoisotopic (exact) mass is 261 g/mol. The molecule has 92 valence electrons. The number of halogens is 1. The molecule has 5 heteroatoms. The minimum Gasteiger partial charge on any atom is -0.492 e. The van der Waals surface area contributed by atoms with Gasteiger partial charge in [0.15, 0.2) is 0 Å². The summed E-state index contributed by atoms with van der Waals surface area (Å²) in [5.41, 5.74) is 1.46. The van der Waals surface area contributed by atoms with Gasteiger partial charge < -0.3 is 4.74 Å². The Bertz CT molecular complexity index is 586. The van der Waals surface area contributed by atoms with Gasteiger partial charge >= 0.3 is 0 Å². The Kier molecular flexibility index (Phi) is 3.85. The second kappa shape index (κ2) is 5.56. The summed E-state index contributed by atoms with van der Waals surface area (Å²) in [6.45, 7) is 0.481. The van der Waals surface area contributed by atoms with Crippen molar-refractivity contribution in [1.82, 2.24) is 9.78 Å². The van der Waals surface area contributed by atoms with Crippen molar-refractivity contribution in [3.05, 3.63) is 46.7 Å². The van der Waals surface area contributed by atoms with E-state index in [1.165, 1.54) is 0 Å². The summed E-state index contributed by atoms with van der Waals surface area (Å²) in [5.74, 6) is 0.521. The van der Waals surface area contributed by atoms with E-state index < -0.39 is 0 Å². The molecule has 0 saturated carbocycles. The molecule has 0 amide bonds. The summed E-state index contributed by atoms with van der Waals surface area (Å²) >= 11 is 5.92. The van der Waals surface area contributed by atoms with Gasteiger partial charge in [0, 0.05) is 25.4 Å². The number of nitrogens with zero attached hydrogens (tertiary/aromatic N) is 3. The van der Waals surface area contributed by atoms with Gasteiger partial charge in [0.2, 0.25) is 0 Å². The largest absolute Gasteiger partial charge is 0.492 e. The van der Waals surface area contributed by atoms with Crippen molar-refractivity contribution in [2.75, 3.05) is 6.61 Å². The third kappa shape index (κ3) is 2.63. The topological polar surface area (TPSA) is 50.8 Å². The van der Waals surface area contributed by atoms with Gasteiger partial charge in [-0.25, -0.2) is 0 Å². The van der Waals surface area contributed by atoms with Crippen LogP contribution in [-0.2, 0) is 13.5 Å². The Balaban J connectivity index is 2.01. The summed E-state index contributed by atoms with van der Waals surface area (Å²) < 4.78 is 7.39. The molecule has 0 spiro atoms. The lowest BCUT2D eigenvalue weighted by molar-refractivity contribution is 0.317. The van der Waals surface area contributed by atoms with Gasteiger partial charge in [0.25, 0.3) is 0 Å². The molecular formula is C13H12ClN3O. The number of rotatable bonds is 4. The van der Waals surface area contributed by atoms with Gasteiger partial charge in [-0.05, 0) is 18.2 Å². The van der Waals surface area contributed by atoms with Crippen molar-refractivity contribution in [2.45, 2.75) is 6.42 Å². The van der Waals surface area contributed by atoms with Crippen molar-refractivity contribution in [2.24, 2.45) is 7.05 Å². The molecule has 0 N–H and O–H groups in total. The van der Waals surface area contributed by atoms with Gasteiger partial charge in [-0.15, -0.1) is 0 Å². The Labute approximate surface area is 110 Å². The van der Waals surface area contributed by atoms with Gasteiger partial charge in [-0.3, -0.25) is 4.68 Å². The van der Waals surface area contributed by atoms with E-state index >= 15 is 0 Å². The average Bonchev–Trinajstić information content (AvgIpc) is 2.75. The molecular weight excluding hydrogens is 250 g/mol. The van der Waals surface area contributed by atoms with E-state index in [0.29, 0.717) is 22.9 Å². The van der Waals surface area contributed by atoms with Crippen LogP contribution in [-0.4, -0.2) is 16.4 Å². The van der Waals surface area contributed by atoms with E-state index in [2.05, 4.69) is 5.10 Å². The summed E-state index contributed by atoms with van der Waals surface area (Å²) in [7, 11) is 1.88. The van der Waals surface area contributed by atoms with Gasteiger partial charge in [-0.2, -0.15) is 10.4 Å². The van der Waals surface area contributed by atoms with E-state index in [0.717, 1.165) is 12.1 Å². The van der Waals surface area contributed by atoms with Crippen LogP contribution in [0.4, 0.5) is 0 Å². The second-order valence-corrected chi connectivity index (χ2v) is 4.18. The zero-order valence-electron chi connectivity index (χ0n) is 9.93. The van der Waals surface area contributed by atoms with Crippen LogP contribution in [0.25, 0.3) is 0 Å². The number of benzene rings is 1. The molecule has 1 heterocycles. The summed E-state index contributed by atoms with van der Waals surface area (Å²) in [6, 6.07) is 9.17. The first-order chi connectivity index (χ1) is 8.72. The molecule has 2 rings (SSSR count). The highest BCUT2D eigenvalue weighted by molar-refractivity contribution is 6.31. The quantitative estimate of drug-likeness (QED) is 0.850. The minimum atomic E-state index is 0.379. The van der Waals surface area contributed by atoms with E-state index in [4.69, 9.17) is 21.6 Å². The van der Waals surface area contributed by atoms with Crippen LogP contribution in [0.1, 0.15) is 11.3 Å². The Morgan fingerprint density at radius 3 is 2.94 bits per heavy atom. The normalized spacial score (nSPS) is 10.1. The van der Waals surface area contributed by atoms with Crippen molar-refractivity contribution in [1.29, 1.82) is 5.26 Å². The molecule has 0 bridgehead atoms. The van der Waals surface area contributed by atoms with Crippen LogP contribution in [0, 0.1) is 11.3 Å². The van der Waals surface area contributed by atoms with Crippen LogP contribution in [0.3, 0.4) is 0 Å². The lowest BCUT2D eigenvalue weighted by Gasteiger charge is -2.08. The van der Waals surface area contributed by atoms with Gasteiger partial charge in [0.1, 0.15) is 17.4 Å². The zero-order chi connectivity index (χ0) is 13.0. The van der Waals surface area contributed by atoms with E-state index in [1.54, 1.807) is 29.1 Å². The number of ether oxygens (including phenoxy) is 1. The molecule has 18 heavy (non-hydrogen) atoms. The highest BCUT2D eigenvalue weighted by Gasteiger charge is 2.07. The van der Waals surface area contributed by atoms with Crippen molar-refractivity contribution in [3.63, 3.8) is 0 Å².